The van der Waals surface area contributed by atoms with E-state index in [1.165, 1.54) is 6.42 Å². The number of likely N-dealkylation sites (tertiary alicyclic amines) is 1. The number of nitrogens with zero attached hydrogens (tertiary/aromatic N) is 1. The Hall–Kier alpha value is -0.570. The minimum atomic E-state index is 0.0180. The number of carbonyl (C=O) groups is 1. The first-order valence-electron chi connectivity index (χ1n) is 5.64. The molecule has 0 saturated carbocycles. The van der Waals surface area contributed by atoms with Crippen molar-refractivity contribution in [3.8, 4) is 0 Å². The summed E-state index contributed by atoms with van der Waals surface area (Å²) in [7, 11) is 0. The summed E-state index contributed by atoms with van der Waals surface area (Å²) in [6, 6.07) is 0.0180. The minimum Gasteiger partial charge on any atom is -0.343 e. The molecule has 3 heteroatoms. The molecule has 1 unspecified atom stereocenters. The van der Waals surface area contributed by atoms with Crippen molar-refractivity contribution in [1.82, 2.24) is 4.90 Å². The second-order valence-corrected chi connectivity index (χ2v) is 4.55. The molecule has 0 radical (unpaired) electrons. The van der Waals surface area contributed by atoms with Crippen molar-refractivity contribution in [2.45, 2.75) is 45.6 Å². The summed E-state index contributed by atoms with van der Waals surface area (Å²) < 4.78 is 0. The third-order valence-corrected chi connectivity index (χ3v) is 2.98. The lowest BCUT2D eigenvalue weighted by molar-refractivity contribution is -0.132. The van der Waals surface area contributed by atoms with E-state index in [0.717, 1.165) is 25.9 Å². The molecule has 1 aliphatic heterocycles. The molecule has 1 amide bonds. The van der Waals surface area contributed by atoms with Gasteiger partial charge in [-0.1, -0.05) is 13.8 Å². The Labute approximate surface area is 86.6 Å². The summed E-state index contributed by atoms with van der Waals surface area (Å²) in [5.74, 6) is 0.634. The molecule has 1 saturated heterocycles. The first-order valence-corrected chi connectivity index (χ1v) is 5.64. The quantitative estimate of drug-likeness (QED) is 0.744. The fourth-order valence-electron chi connectivity index (χ4n) is 1.71. The maximum Gasteiger partial charge on any atom is 0.224 e. The Bertz CT molecular complexity index is 186. The summed E-state index contributed by atoms with van der Waals surface area (Å²) in [6.07, 6.45) is 4.09. The molecule has 0 aliphatic carbocycles. The van der Waals surface area contributed by atoms with Crippen molar-refractivity contribution >= 4 is 5.91 Å². The zero-order chi connectivity index (χ0) is 10.6. The van der Waals surface area contributed by atoms with Crippen LogP contribution < -0.4 is 5.73 Å². The number of piperidine rings is 1. The number of carbonyl (C=O) groups excluding carboxylic acids is 1. The van der Waals surface area contributed by atoms with E-state index in [-0.39, 0.29) is 11.9 Å². The number of amides is 1. The van der Waals surface area contributed by atoms with Crippen LogP contribution in [0.2, 0.25) is 0 Å². The fourth-order valence-corrected chi connectivity index (χ4v) is 1.71. The van der Waals surface area contributed by atoms with E-state index in [2.05, 4.69) is 13.8 Å². The third-order valence-electron chi connectivity index (χ3n) is 2.98. The van der Waals surface area contributed by atoms with Crippen molar-refractivity contribution < 1.29 is 4.79 Å². The summed E-state index contributed by atoms with van der Waals surface area (Å²) in [5.41, 5.74) is 5.88. The second kappa shape index (κ2) is 5.35. The lowest BCUT2D eigenvalue weighted by Crippen LogP contribution is -2.40. The van der Waals surface area contributed by atoms with Crippen LogP contribution in [0.1, 0.15) is 39.5 Å². The maximum atomic E-state index is 11.8. The van der Waals surface area contributed by atoms with Crippen LogP contribution in [0.15, 0.2) is 0 Å². The van der Waals surface area contributed by atoms with Crippen molar-refractivity contribution in [2.24, 2.45) is 11.7 Å². The molecule has 1 heterocycles. The van der Waals surface area contributed by atoms with Crippen molar-refractivity contribution in [1.29, 1.82) is 0 Å². The molecule has 3 nitrogen and oxygen atoms in total. The molecule has 0 spiro atoms. The minimum absolute atomic E-state index is 0.0180. The largest absolute Gasteiger partial charge is 0.343 e. The standard InChI is InChI=1S/C11H22N2O/c1-9(2)10(12)8-11(14)13-6-4-3-5-7-13/h9-10H,3-8,12H2,1-2H3. The van der Waals surface area contributed by atoms with Gasteiger partial charge in [0, 0.05) is 25.6 Å². The van der Waals surface area contributed by atoms with Gasteiger partial charge in [0.25, 0.3) is 0 Å². The Kier molecular flexibility index (Phi) is 4.39. The molecular formula is C11H22N2O. The zero-order valence-corrected chi connectivity index (χ0v) is 9.33. The number of nitrogens with two attached hydrogens (primary N) is 1. The van der Waals surface area contributed by atoms with Gasteiger partial charge in [-0.15, -0.1) is 0 Å². The lowest BCUT2D eigenvalue weighted by atomic mass is 10.0. The van der Waals surface area contributed by atoms with Gasteiger partial charge in [-0.2, -0.15) is 0 Å². The van der Waals surface area contributed by atoms with Crippen molar-refractivity contribution in [3.63, 3.8) is 0 Å². The lowest BCUT2D eigenvalue weighted by Gasteiger charge is -2.28. The highest BCUT2D eigenvalue weighted by Crippen LogP contribution is 2.12. The maximum absolute atomic E-state index is 11.8. The molecule has 1 rings (SSSR count). The van der Waals surface area contributed by atoms with Crippen LogP contribution in [-0.2, 0) is 4.79 Å². The molecule has 14 heavy (non-hydrogen) atoms. The average molecular weight is 198 g/mol. The highest BCUT2D eigenvalue weighted by atomic mass is 16.2. The molecule has 1 atom stereocenters. The third kappa shape index (κ3) is 3.29. The Morgan fingerprint density at radius 1 is 1.29 bits per heavy atom. The molecule has 0 bridgehead atoms. The Morgan fingerprint density at radius 3 is 2.36 bits per heavy atom. The van der Waals surface area contributed by atoms with Gasteiger partial charge in [-0.25, -0.2) is 0 Å². The van der Waals surface area contributed by atoms with Crippen LogP contribution >= 0.6 is 0 Å². The number of rotatable bonds is 3. The predicted molar refractivity (Wildman–Crippen MR) is 57.9 cm³/mol. The molecule has 82 valence electrons. The Morgan fingerprint density at radius 2 is 1.86 bits per heavy atom. The molecule has 1 fully saturated rings. The van der Waals surface area contributed by atoms with Crippen LogP contribution in [0, 0.1) is 5.92 Å². The number of hydrogen-bond donors (Lipinski definition) is 1. The van der Waals surface area contributed by atoms with Crippen molar-refractivity contribution in [3.05, 3.63) is 0 Å². The summed E-state index contributed by atoms with van der Waals surface area (Å²) in [4.78, 5) is 13.7. The van der Waals surface area contributed by atoms with E-state index in [9.17, 15) is 4.79 Å². The summed E-state index contributed by atoms with van der Waals surface area (Å²) >= 11 is 0. The summed E-state index contributed by atoms with van der Waals surface area (Å²) in [5, 5.41) is 0. The van der Waals surface area contributed by atoms with Crippen molar-refractivity contribution in [2.75, 3.05) is 13.1 Å². The normalized spacial score (nSPS) is 19.9. The van der Waals surface area contributed by atoms with Crippen LogP contribution in [0.4, 0.5) is 0 Å². The van der Waals surface area contributed by atoms with E-state index in [0.29, 0.717) is 12.3 Å². The van der Waals surface area contributed by atoms with Crippen LogP contribution in [0.3, 0.4) is 0 Å². The van der Waals surface area contributed by atoms with Gasteiger partial charge in [0.2, 0.25) is 5.91 Å². The zero-order valence-electron chi connectivity index (χ0n) is 9.33. The van der Waals surface area contributed by atoms with Crippen LogP contribution in [0.25, 0.3) is 0 Å². The predicted octanol–water partition coefficient (Wildman–Crippen LogP) is 1.37. The molecule has 0 aromatic carbocycles. The van der Waals surface area contributed by atoms with Gasteiger partial charge in [0.05, 0.1) is 0 Å². The highest BCUT2D eigenvalue weighted by molar-refractivity contribution is 5.76. The van der Waals surface area contributed by atoms with Crippen LogP contribution in [-0.4, -0.2) is 29.9 Å². The molecular weight excluding hydrogens is 176 g/mol. The van der Waals surface area contributed by atoms with Gasteiger partial charge in [0.1, 0.15) is 0 Å². The van der Waals surface area contributed by atoms with Gasteiger partial charge in [-0.05, 0) is 25.2 Å². The van der Waals surface area contributed by atoms with Gasteiger partial charge in [0.15, 0.2) is 0 Å². The first-order chi connectivity index (χ1) is 6.61. The van der Waals surface area contributed by atoms with Gasteiger partial charge in [-0.3, -0.25) is 4.79 Å². The fraction of sp³-hybridized carbons (Fsp3) is 0.909. The van der Waals surface area contributed by atoms with E-state index in [1.807, 2.05) is 4.90 Å². The first kappa shape index (κ1) is 11.5. The summed E-state index contributed by atoms with van der Waals surface area (Å²) in [6.45, 7) is 6.00. The van der Waals surface area contributed by atoms with Gasteiger partial charge >= 0.3 is 0 Å². The topological polar surface area (TPSA) is 46.3 Å². The molecule has 0 aromatic rings. The van der Waals surface area contributed by atoms with Crippen LogP contribution in [0.5, 0.6) is 0 Å². The van der Waals surface area contributed by atoms with E-state index in [1.54, 1.807) is 0 Å². The van der Waals surface area contributed by atoms with E-state index < -0.39 is 0 Å². The SMILES string of the molecule is CC(C)C(N)CC(=O)N1CCCCC1. The van der Waals surface area contributed by atoms with E-state index in [4.69, 9.17) is 5.73 Å². The molecule has 2 N–H and O–H groups in total. The monoisotopic (exact) mass is 198 g/mol. The van der Waals surface area contributed by atoms with E-state index >= 15 is 0 Å². The molecule has 1 aliphatic rings. The molecule has 0 aromatic heterocycles. The second-order valence-electron chi connectivity index (χ2n) is 4.55. The smallest absolute Gasteiger partial charge is 0.224 e. The number of hydrogen-bond acceptors (Lipinski definition) is 2. The van der Waals surface area contributed by atoms with Gasteiger partial charge < -0.3 is 10.6 Å². The average Bonchev–Trinajstić information content (AvgIpc) is 2.19. The highest BCUT2D eigenvalue weighted by Gasteiger charge is 2.19. The Balaban J connectivity index is 2.33.